The zero-order valence-corrected chi connectivity index (χ0v) is 19.1. The van der Waals surface area contributed by atoms with Gasteiger partial charge in [-0.3, -0.25) is 0 Å². The van der Waals surface area contributed by atoms with E-state index < -0.39 is 10.0 Å². The largest absolute Gasteiger partial charge is 0.331 e. The van der Waals surface area contributed by atoms with Crippen LogP contribution in [0.5, 0.6) is 0 Å². The van der Waals surface area contributed by atoms with Crippen LogP contribution in [0.25, 0.3) is 16.6 Å². The minimum atomic E-state index is -3.91. The molecule has 7 nitrogen and oxygen atoms in total. The first kappa shape index (κ1) is 21.4. The Morgan fingerprint density at radius 2 is 1.87 bits per heavy atom. The minimum Gasteiger partial charge on any atom is -0.331 e. The van der Waals surface area contributed by atoms with Crippen molar-refractivity contribution < 1.29 is 13.2 Å². The molecule has 4 rings (SSSR count). The molecule has 2 amide bonds. The Kier molecular flexibility index (Phi) is 5.53. The summed E-state index contributed by atoms with van der Waals surface area (Å²) in [7, 11) is -0.494. The van der Waals surface area contributed by atoms with Crippen molar-refractivity contribution in [3.63, 3.8) is 0 Å². The Morgan fingerprint density at radius 1 is 1.16 bits per heavy atom. The summed E-state index contributed by atoms with van der Waals surface area (Å²) < 4.78 is 28.5. The summed E-state index contributed by atoms with van der Waals surface area (Å²) >= 11 is 6.37. The van der Waals surface area contributed by atoms with E-state index in [1.807, 2.05) is 13.0 Å². The second-order valence-electron chi connectivity index (χ2n) is 7.74. The monoisotopic (exact) mass is 458 g/mol. The first-order chi connectivity index (χ1) is 14.7. The standard InChI is InChI=1S/C22H23ClN4O3S/c1-15-4-6-17(7-5-15)31(29,30)27-20(14-18-19(23)8-11-24-21(18)27)16-9-12-26(13-10-16)22(28)25(2)3/h4-9,11,14H,10,12-13H2,1-3H3. The van der Waals surface area contributed by atoms with Gasteiger partial charge in [0.1, 0.15) is 0 Å². The molecule has 2 aromatic heterocycles. The van der Waals surface area contributed by atoms with Gasteiger partial charge in [0.2, 0.25) is 0 Å². The number of carbonyl (C=O) groups is 1. The molecule has 0 saturated carbocycles. The van der Waals surface area contributed by atoms with Crippen molar-refractivity contribution in [3.05, 3.63) is 65.0 Å². The molecule has 9 heteroatoms. The summed E-state index contributed by atoms with van der Waals surface area (Å²) in [6.07, 6.45) is 3.92. The number of aromatic nitrogens is 2. The Morgan fingerprint density at radius 3 is 2.48 bits per heavy atom. The normalized spacial score (nSPS) is 14.6. The fourth-order valence-corrected chi connectivity index (χ4v) is 5.37. The van der Waals surface area contributed by atoms with Crippen LogP contribution in [0.3, 0.4) is 0 Å². The molecule has 0 fully saturated rings. The number of rotatable bonds is 3. The highest BCUT2D eigenvalue weighted by atomic mass is 35.5. The molecule has 3 heterocycles. The van der Waals surface area contributed by atoms with Crippen LogP contribution in [0.15, 0.2) is 53.6 Å². The lowest BCUT2D eigenvalue weighted by atomic mass is 10.1. The van der Waals surface area contributed by atoms with Gasteiger partial charge >= 0.3 is 6.03 Å². The molecule has 1 aliphatic heterocycles. The number of amides is 2. The lowest BCUT2D eigenvalue weighted by Gasteiger charge is -2.29. The first-order valence-corrected chi connectivity index (χ1v) is 11.7. The third-order valence-corrected chi connectivity index (χ3v) is 7.41. The van der Waals surface area contributed by atoms with E-state index in [-0.39, 0.29) is 16.6 Å². The molecule has 0 unspecified atom stereocenters. The van der Waals surface area contributed by atoms with E-state index in [0.717, 1.165) is 11.1 Å². The average Bonchev–Trinajstić information content (AvgIpc) is 3.15. The van der Waals surface area contributed by atoms with Crippen LogP contribution in [-0.4, -0.2) is 60.4 Å². The van der Waals surface area contributed by atoms with E-state index in [0.29, 0.717) is 35.6 Å². The number of urea groups is 1. The number of aryl methyl sites for hydroxylation is 1. The number of nitrogens with zero attached hydrogens (tertiary/aromatic N) is 4. The summed E-state index contributed by atoms with van der Waals surface area (Å²) in [6.45, 7) is 2.80. The third kappa shape index (κ3) is 3.81. The second-order valence-corrected chi connectivity index (χ2v) is 9.94. The van der Waals surface area contributed by atoms with Gasteiger partial charge in [-0.1, -0.05) is 35.4 Å². The van der Waals surface area contributed by atoms with E-state index in [9.17, 15) is 13.2 Å². The molecule has 0 radical (unpaired) electrons. The summed E-state index contributed by atoms with van der Waals surface area (Å²) in [5, 5.41) is 1.01. The number of hydrogen-bond acceptors (Lipinski definition) is 4. The maximum Gasteiger partial charge on any atom is 0.319 e. The van der Waals surface area contributed by atoms with Gasteiger partial charge in [0.15, 0.2) is 5.65 Å². The number of carbonyl (C=O) groups excluding carboxylic acids is 1. The topological polar surface area (TPSA) is 75.5 Å². The predicted molar refractivity (Wildman–Crippen MR) is 122 cm³/mol. The van der Waals surface area contributed by atoms with Crippen LogP contribution < -0.4 is 0 Å². The maximum absolute atomic E-state index is 13.6. The second kappa shape index (κ2) is 8.01. The van der Waals surface area contributed by atoms with Gasteiger partial charge in [0.05, 0.1) is 15.6 Å². The van der Waals surface area contributed by atoms with Crippen LogP contribution >= 0.6 is 11.6 Å². The summed E-state index contributed by atoms with van der Waals surface area (Å²) in [4.78, 5) is 20.0. The number of hydrogen-bond donors (Lipinski definition) is 0. The lowest BCUT2D eigenvalue weighted by Crippen LogP contribution is -2.41. The number of benzene rings is 1. The van der Waals surface area contributed by atoms with E-state index in [4.69, 9.17) is 11.6 Å². The summed E-state index contributed by atoms with van der Waals surface area (Å²) in [5.41, 5.74) is 2.62. The Hall–Kier alpha value is -2.84. The van der Waals surface area contributed by atoms with E-state index in [1.54, 1.807) is 55.4 Å². The number of pyridine rings is 1. The van der Waals surface area contributed by atoms with Crippen molar-refractivity contribution in [2.45, 2.75) is 18.2 Å². The molecule has 0 bridgehead atoms. The van der Waals surface area contributed by atoms with Crippen molar-refractivity contribution in [1.29, 1.82) is 0 Å². The highest BCUT2D eigenvalue weighted by Gasteiger charge is 2.28. The first-order valence-electron chi connectivity index (χ1n) is 9.84. The van der Waals surface area contributed by atoms with E-state index in [2.05, 4.69) is 4.98 Å². The Bertz CT molecular complexity index is 1290. The molecule has 0 atom stereocenters. The van der Waals surface area contributed by atoms with Crippen LogP contribution in [-0.2, 0) is 10.0 Å². The fraction of sp³-hybridized carbons (Fsp3) is 0.273. The van der Waals surface area contributed by atoms with Crippen molar-refractivity contribution in [2.24, 2.45) is 0 Å². The minimum absolute atomic E-state index is 0.0761. The molecule has 31 heavy (non-hydrogen) atoms. The van der Waals surface area contributed by atoms with Crippen LogP contribution in [0.4, 0.5) is 4.79 Å². The maximum atomic E-state index is 13.6. The highest BCUT2D eigenvalue weighted by Crippen LogP contribution is 2.34. The molecule has 0 saturated heterocycles. The molecule has 0 N–H and O–H groups in total. The summed E-state index contributed by atoms with van der Waals surface area (Å²) in [6, 6.07) is 10.1. The van der Waals surface area contributed by atoms with E-state index >= 15 is 0 Å². The highest BCUT2D eigenvalue weighted by molar-refractivity contribution is 7.90. The molecule has 3 aromatic rings. The van der Waals surface area contributed by atoms with Gasteiger partial charge in [-0.2, -0.15) is 0 Å². The van der Waals surface area contributed by atoms with Gasteiger partial charge in [-0.25, -0.2) is 22.2 Å². The van der Waals surface area contributed by atoms with Crippen LogP contribution in [0.2, 0.25) is 5.02 Å². The molecular formula is C22H23ClN4O3S. The zero-order valence-electron chi connectivity index (χ0n) is 17.5. The number of halogens is 1. The van der Waals surface area contributed by atoms with E-state index in [1.165, 1.54) is 15.1 Å². The van der Waals surface area contributed by atoms with Crippen molar-refractivity contribution in [1.82, 2.24) is 18.8 Å². The van der Waals surface area contributed by atoms with Gasteiger partial charge in [-0.05, 0) is 43.2 Å². The predicted octanol–water partition coefficient (Wildman–Crippen LogP) is 4.01. The molecule has 1 aliphatic rings. The summed E-state index contributed by atoms with van der Waals surface area (Å²) in [5.74, 6) is 0. The smallest absolute Gasteiger partial charge is 0.319 e. The van der Waals surface area contributed by atoms with Gasteiger partial charge in [-0.15, -0.1) is 0 Å². The van der Waals surface area contributed by atoms with Crippen LogP contribution in [0.1, 0.15) is 17.7 Å². The van der Waals surface area contributed by atoms with Crippen LogP contribution in [0, 0.1) is 6.92 Å². The van der Waals surface area contributed by atoms with Gasteiger partial charge < -0.3 is 9.80 Å². The molecular weight excluding hydrogens is 436 g/mol. The molecule has 0 aliphatic carbocycles. The molecule has 162 valence electrons. The Labute approximate surface area is 186 Å². The van der Waals surface area contributed by atoms with Crippen molar-refractivity contribution in [2.75, 3.05) is 27.2 Å². The number of fused-ring (bicyclic) bond motifs is 1. The SMILES string of the molecule is Cc1ccc(S(=O)(=O)n2c(C3=CCN(C(=O)N(C)C)CC3)cc3c(Cl)ccnc32)cc1. The van der Waals surface area contributed by atoms with Crippen molar-refractivity contribution >= 4 is 44.3 Å². The lowest BCUT2D eigenvalue weighted by molar-refractivity contribution is 0.176. The average molecular weight is 459 g/mol. The third-order valence-electron chi connectivity index (χ3n) is 5.36. The zero-order chi connectivity index (χ0) is 22.3. The molecule has 1 aromatic carbocycles. The Balaban J connectivity index is 1.86. The fourth-order valence-electron chi connectivity index (χ4n) is 3.68. The van der Waals surface area contributed by atoms with Crippen molar-refractivity contribution in [3.8, 4) is 0 Å². The van der Waals surface area contributed by atoms with Gasteiger partial charge in [0.25, 0.3) is 10.0 Å². The quantitative estimate of drug-likeness (QED) is 0.594. The molecule has 0 spiro atoms. The van der Waals surface area contributed by atoms with Gasteiger partial charge in [0, 0.05) is 38.8 Å².